The molecule has 0 aliphatic rings. The maximum absolute atomic E-state index is 5.84. The summed E-state index contributed by atoms with van der Waals surface area (Å²) in [5.41, 5.74) is 5.82. The number of thioether (sulfide) groups is 1. The summed E-state index contributed by atoms with van der Waals surface area (Å²) >= 11 is 7.39. The van der Waals surface area contributed by atoms with Gasteiger partial charge in [0, 0.05) is 10.6 Å². The molecule has 0 amide bonds. The van der Waals surface area contributed by atoms with Gasteiger partial charge in [0.1, 0.15) is 0 Å². The van der Waals surface area contributed by atoms with Crippen molar-refractivity contribution in [1.29, 1.82) is 0 Å². The van der Waals surface area contributed by atoms with Crippen LogP contribution in [0.2, 0.25) is 0 Å². The minimum Gasteiger partial charge on any atom is -0.398 e. The first-order valence-electron chi connectivity index (χ1n) is 3.14. The van der Waals surface area contributed by atoms with Gasteiger partial charge in [-0.25, -0.2) is 0 Å². The van der Waals surface area contributed by atoms with Crippen LogP contribution in [0.15, 0.2) is 34.4 Å². The molecule has 0 unspecified atom stereocenters. The molecule has 0 aromatic carbocycles. The van der Waals surface area contributed by atoms with Crippen molar-refractivity contribution in [3.63, 3.8) is 0 Å². The molecule has 0 rings (SSSR count). The lowest BCUT2D eigenvalue weighted by molar-refractivity contribution is 1.42. The lowest BCUT2D eigenvalue weighted by Crippen LogP contribution is -1.95. The van der Waals surface area contributed by atoms with Crippen molar-refractivity contribution in [2.75, 3.05) is 6.26 Å². The summed E-state index contributed by atoms with van der Waals surface area (Å²) < 4.78 is 0. The van der Waals surface area contributed by atoms with Crippen LogP contribution in [-0.4, -0.2) is 6.26 Å². The van der Waals surface area contributed by atoms with Crippen LogP contribution in [0, 0.1) is 0 Å². The molecule has 0 fully saturated rings. The smallest absolute Gasteiger partial charge is 0.0764 e. The summed E-state index contributed by atoms with van der Waals surface area (Å²) in [5, 5.41) is 0.538. The molecule has 0 aliphatic heterocycles. The molecule has 0 saturated heterocycles. The van der Waals surface area contributed by atoms with Crippen LogP contribution >= 0.6 is 23.4 Å². The first-order valence-corrected chi connectivity index (χ1v) is 4.75. The molecule has 3 heteroatoms. The molecule has 0 spiro atoms. The zero-order valence-corrected chi connectivity index (χ0v) is 8.30. The molecule has 1 nitrogen and oxygen atoms in total. The molecular weight excluding hydrogens is 178 g/mol. The fourth-order valence-corrected chi connectivity index (χ4v) is 1.42. The van der Waals surface area contributed by atoms with E-state index in [1.165, 1.54) is 0 Å². The number of rotatable bonds is 3. The van der Waals surface area contributed by atoms with Gasteiger partial charge in [0.05, 0.1) is 5.03 Å². The molecule has 0 atom stereocenters. The fourth-order valence-electron chi connectivity index (χ4n) is 0.540. The second kappa shape index (κ2) is 5.33. The topological polar surface area (TPSA) is 26.0 Å². The quantitative estimate of drug-likeness (QED) is 0.691. The summed E-state index contributed by atoms with van der Waals surface area (Å²) in [6.45, 7) is 5.48. The van der Waals surface area contributed by atoms with Crippen LogP contribution in [0.5, 0.6) is 0 Å². The van der Waals surface area contributed by atoms with Gasteiger partial charge < -0.3 is 5.73 Å². The Kier molecular flexibility index (Phi) is 5.16. The average molecular weight is 190 g/mol. The van der Waals surface area contributed by atoms with Gasteiger partial charge in [-0.1, -0.05) is 30.3 Å². The fraction of sp³-hybridized carbons (Fsp3) is 0.250. The third-order valence-electron chi connectivity index (χ3n) is 1.04. The van der Waals surface area contributed by atoms with Crippen LogP contribution in [0.1, 0.15) is 6.92 Å². The summed E-state index contributed by atoms with van der Waals surface area (Å²) in [4.78, 5) is 0.946. The van der Waals surface area contributed by atoms with Crippen LogP contribution < -0.4 is 5.73 Å². The van der Waals surface area contributed by atoms with Gasteiger partial charge in [0.2, 0.25) is 0 Å². The maximum atomic E-state index is 5.84. The van der Waals surface area contributed by atoms with Crippen LogP contribution in [-0.2, 0) is 0 Å². The molecule has 0 saturated carbocycles. The normalized spacial score (nSPS) is 13.4. The van der Waals surface area contributed by atoms with E-state index in [1.807, 2.05) is 25.3 Å². The summed E-state index contributed by atoms with van der Waals surface area (Å²) in [6, 6.07) is 0. The standard InChI is InChI=1S/C8H12ClNS/c1-4-5-7(11-3)8(9)6(2)10/h4-5H,2,10H2,1,3H3/b5-4-,8-7-. The van der Waals surface area contributed by atoms with E-state index in [2.05, 4.69) is 6.58 Å². The highest BCUT2D eigenvalue weighted by atomic mass is 35.5. The molecule has 2 N–H and O–H groups in total. The molecule has 62 valence electrons. The lowest BCUT2D eigenvalue weighted by Gasteiger charge is -2.01. The van der Waals surface area contributed by atoms with Crippen molar-refractivity contribution in [3.05, 3.63) is 34.4 Å². The van der Waals surface area contributed by atoms with E-state index >= 15 is 0 Å². The molecule has 0 heterocycles. The van der Waals surface area contributed by atoms with Gasteiger partial charge in [0.25, 0.3) is 0 Å². The molecule has 0 aromatic heterocycles. The Bertz CT molecular complexity index is 206. The van der Waals surface area contributed by atoms with E-state index in [0.717, 1.165) is 4.91 Å². The van der Waals surface area contributed by atoms with Crippen molar-refractivity contribution in [2.45, 2.75) is 6.92 Å². The SMILES string of the molecule is C=C(N)/C(Cl)=C(\C=C/C)SC. The molecule has 11 heavy (non-hydrogen) atoms. The summed E-state index contributed by atoms with van der Waals surface area (Å²) in [6.07, 6.45) is 5.77. The number of nitrogens with two attached hydrogens (primary N) is 1. The van der Waals surface area contributed by atoms with Gasteiger partial charge in [-0.2, -0.15) is 0 Å². The first kappa shape index (κ1) is 10.7. The van der Waals surface area contributed by atoms with E-state index in [-0.39, 0.29) is 0 Å². The first-order chi connectivity index (χ1) is 5.13. The Morgan fingerprint density at radius 1 is 1.64 bits per heavy atom. The molecule has 0 radical (unpaired) electrons. The van der Waals surface area contributed by atoms with Crippen LogP contribution in [0.25, 0.3) is 0 Å². The predicted molar refractivity (Wildman–Crippen MR) is 54.5 cm³/mol. The van der Waals surface area contributed by atoms with Crippen molar-refractivity contribution in [3.8, 4) is 0 Å². The van der Waals surface area contributed by atoms with Gasteiger partial charge in [-0.3, -0.25) is 0 Å². The third kappa shape index (κ3) is 3.54. The van der Waals surface area contributed by atoms with Crippen molar-refractivity contribution >= 4 is 23.4 Å². The van der Waals surface area contributed by atoms with Crippen LogP contribution in [0.4, 0.5) is 0 Å². The lowest BCUT2D eigenvalue weighted by atomic mass is 10.4. The van der Waals surface area contributed by atoms with E-state index in [0.29, 0.717) is 10.7 Å². The summed E-state index contributed by atoms with van der Waals surface area (Å²) in [7, 11) is 0. The summed E-state index contributed by atoms with van der Waals surface area (Å²) in [5.74, 6) is 0. The van der Waals surface area contributed by atoms with Gasteiger partial charge in [-0.05, 0) is 13.2 Å². The highest BCUT2D eigenvalue weighted by Gasteiger charge is 2.00. The predicted octanol–water partition coefficient (Wildman–Crippen LogP) is 2.85. The van der Waals surface area contributed by atoms with Gasteiger partial charge in [0.15, 0.2) is 0 Å². The third-order valence-corrected chi connectivity index (χ3v) is 2.37. The number of hydrogen-bond acceptors (Lipinski definition) is 2. The monoisotopic (exact) mass is 189 g/mol. The largest absolute Gasteiger partial charge is 0.398 e. The Morgan fingerprint density at radius 2 is 2.18 bits per heavy atom. The van der Waals surface area contributed by atoms with Crippen molar-refractivity contribution in [2.24, 2.45) is 5.73 Å². The molecule has 0 aromatic rings. The van der Waals surface area contributed by atoms with E-state index < -0.39 is 0 Å². The van der Waals surface area contributed by atoms with E-state index in [4.69, 9.17) is 17.3 Å². The molecule has 0 aliphatic carbocycles. The highest BCUT2D eigenvalue weighted by Crippen LogP contribution is 2.23. The minimum absolute atomic E-state index is 0.411. The number of halogens is 1. The molecular formula is C8H12ClNS. The van der Waals surface area contributed by atoms with Crippen molar-refractivity contribution in [1.82, 2.24) is 0 Å². The Balaban J connectivity index is 4.67. The maximum Gasteiger partial charge on any atom is 0.0764 e. The highest BCUT2D eigenvalue weighted by molar-refractivity contribution is 8.02. The second-order valence-corrected chi connectivity index (χ2v) is 3.13. The van der Waals surface area contributed by atoms with Gasteiger partial charge >= 0.3 is 0 Å². The van der Waals surface area contributed by atoms with Gasteiger partial charge in [-0.15, -0.1) is 11.8 Å². The Hall–Kier alpha value is -0.340. The van der Waals surface area contributed by atoms with E-state index in [9.17, 15) is 0 Å². The van der Waals surface area contributed by atoms with Crippen LogP contribution in [0.3, 0.4) is 0 Å². The Morgan fingerprint density at radius 3 is 2.45 bits per heavy atom. The Labute approximate surface area is 77.0 Å². The molecule has 0 bridgehead atoms. The van der Waals surface area contributed by atoms with E-state index in [1.54, 1.807) is 11.8 Å². The average Bonchev–Trinajstić information content (AvgIpc) is 1.98. The second-order valence-electron chi connectivity index (χ2n) is 1.91. The zero-order valence-electron chi connectivity index (χ0n) is 6.73. The minimum atomic E-state index is 0.411. The van der Waals surface area contributed by atoms with Crippen molar-refractivity contribution < 1.29 is 0 Å². The number of hydrogen-bond donors (Lipinski definition) is 1. The number of allylic oxidation sites excluding steroid dienone is 3. The zero-order chi connectivity index (χ0) is 8.85.